The van der Waals surface area contributed by atoms with Gasteiger partial charge in [0.25, 0.3) is 0 Å². The molecule has 0 fully saturated rings. The van der Waals surface area contributed by atoms with Crippen LogP contribution >= 0.6 is 0 Å². The van der Waals surface area contributed by atoms with Crippen molar-refractivity contribution in [1.29, 1.82) is 0 Å². The summed E-state index contributed by atoms with van der Waals surface area (Å²) in [4.78, 5) is 6.80. The first-order chi connectivity index (χ1) is 9.84. The van der Waals surface area contributed by atoms with Crippen LogP contribution in [0.25, 0.3) is 5.65 Å². The minimum Gasteiger partial charge on any atom is -0.323 e. The Morgan fingerprint density at radius 1 is 1.15 bits per heavy atom. The first kappa shape index (κ1) is 11.4. The topological polar surface area (TPSA) is 46.3 Å². The van der Waals surface area contributed by atoms with E-state index in [0.717, 1.165) is 36.7 Å². The maximum Gasteiger partial charge on any atom is 0.204 e. The van der Waals surface area contributed by atoms with Crippen molar-refractivity contribution in [2.45, 2.75) is 19.8 Å². The van der Waals surface area contributed by atoms with Crippen LogP contribution in [0.5, 0.6) is 0 Å². The normalized spacial score (nSPS) is 14.6. The molecule has 5 heteroatoms. The highest BCUT2D eigenvalue weighted by atomic mass is 15.3. The van der Waals surface area contributed by atoms with E-state index in [1.807, 2.05) is 23.7 Å². The van der Waals surface area contributed by atoms with E-state index < -0.39 is 0 Å². The third kappa shape index (κ3) is 1.59. The number of hydrogen-bond donors (Lipinski definition) is 0. The van der Waals surface area contributed by atoms with Crippen LogP contribution in [0.2, 0.25) is 0 Å². The van der Waals surface area contributed by atoms with E-state index in [4.69, 9.17) is 0 Å². The van der Waals surface area contributed by atoms with Gasteiger partial charge in [-0.2, -0.15) is 0 Å². The number of anilines is 2. The largest absolute Gasteiger partial charge is 0.323 e. The maximum atomic E-state index is 4.55. The lowest BCUT2D eigenvalue weighted by atomic mass is 10.0. The van der Waals surface area contributed by atoms with Crippen molar-refractivity contribution in [2.75, 3.05) is 11.4 Å². The molecule has 0 spiro atoms. The highest BCUT2D eigenvalue weighted by Crippen LogP contribution is 2.33. The lowest BCUT2D eigenvalue weighted by Crippen LogP contribution is -2.25. The van der Waals surface area contributed by atoms with Gasteiger partial charge >= 0.3 is 0 Å². The van der Waals surface area contributed by atoms with Crippen LogP contribution in [-0.2, 0) is 6.42 Å². The Morgan fingerprint density at radius 2 is 2.05 bits per heavy atom. The molecule has 0 saturated heterocycles. The molecule has 3 heterocycles. The molecular formula is C15H15N5. The Kier molecular flexibility index (Phi) is 2.45. The fourth-order valence-electron chi connectivity index (χ4n) is 2.87. The van der Waals surface area contributed by atoms with Crippen LogP contribution in [-0.4, -0.2) is 26.1 Å². The Hall–Kier alpha value is -2.43. The van der Waals surface area contributed by atoms with E-state index in [-0.39, 0.29) is 0 Å². The summed E-state index contributed by atoms with van der Waals surface area (Å²) >= 11 is 0. The van der Waals surface area contributed by atoms with Crippen molar-refractivity contribution in [1.82, 2.24) is 19.6 Å². The van der Waals surface area contributed by atoms with E-state index >= 15 is 0 Å². The highest BCUT2D eigenvalue weighted by molar-refractivity contribution is 5.74. The number of benzene rings is 1. The summed E-state index contributed by atoms with van der Waals surface area (Å²) in [7, 11) is 0. The summed E-state index contributed by atoms with van der Waals surface area (Å²) in [5.41, 5.74) is 3.43. The van der Waals surface area contributed by atoms with Gasteiger partial charge in [-0.3, -0.25) is 4.40 Å². The molecule has 2 aromatic heterocycles. The summed E-state index contributed by atoms with van der Waals surface area (Å²) in [5, 5.41) is 8.43. The van der Waals surface area contributed by atoms with Crippen molar-refractivity contribution >= 4 is 17.2 Å². The maximum absolute atomic E-state index is 4.55. The Bertz CT molecular complexity index is 777. The standard InChI is InChI=1S/C15H15N5/c1-11-17-18-15-14(16-8-10-19(11)15)20-9-4-6-12-5-2-3-7-13(12)20/h2-3,5,7-8,10H,4,6,9H2,1H3. The van der Waals surface area contributed by atoms with Gasteiger partial charge in [0.1, 0.15) is 5.82 Å². The van der Waals surface area contributed by atoms with E-state index in [9.17, 15) is 0 Å². The first-order valence-electron chi connectivity index (χ1n) is 6.86. The molecule has 0 unspecified atom stereocenters. The average Bonchev–Trinajstić information content (AvgIpc) is 2.88. The Labute approximate surface area is 116 Å². The van der Waals surface area contributed by atoms with Crippen LogP contribution in [0.3, 0.4) is 0 Å². The van der Waals surface area contributed by atoms with Crippen LogP contribution in [0.4, 0.5) is 11.5 Å². The molecule has 1 aliphatic heterocycles. The first-order valence-corrected chi connectivity index (χ1v) is 6.86. The van der Waals surface area contributed by atoms with Gasteiger partial charge in [-0.15, -0.1) is 10.2 Å². The molecule has 0 atom stereocenters. The van der Waals surface area contributed by atoms with Crippen LogP contribution in [0.15, 0.2) is 36.7 Å². The van der Waals surface area contributed by atoms with Gasteiger partial charge in [0.2, 0.25) is 5.65 Å². The smallest absolute Gasteiger partial charge is 0.204 e. The molecule has 20 heavy (non-hydrogen) atoms. The fraction of sp³-hybridized carbons (Fsp3) is 0.267. The number of para-hydroxylation sites is 1. The van der Waals surface area contributed by atoms with Gasteiger partial charge in [-0.05, 0) is 31.4 Å². The summed E-state index contributed by atoms with van der Waals surface area (Å²) in [5.74, 6) is 1.77. The second kappa shape index (κ2) is 4.30. The third-order valence-corrected chi connectivity index (χ3v) is 3.84. The van der Waals surface area contributed by atoms with Crippen molar-refractivity contribution < 1.29 is 0 Å². The molecule has 0 aliphatic carbocycles. The van der Waals surface area contributed by atoms with Crippen molar-refractivity contribution in [2.24, 2.45) is 0 Å². The molecule has 100 valence electrons. The molecule has 0 radical (unpaired) electrons. The fourth-order valence-corrected chi connectivity index (χ4v) is 2.87. The number of nitrogens with zero attached hydrogens (tertiary/aromatic N) is 5. The lowest BCUT2D eigenvalue weighted by Gasteiger charge is -2.30. The molecule has 0 bridgehead atoms. The highest BCUT2D eigenvalue weighted by Gasteiger charge is 2.21. The van der Waals surface area contributed by atoms with Crippen molar-refractivity contribution in [3.05, 3.63) is 48.0 Å². The minimum absolute atomic E-state index is 0.821. The second-order valence-electron chi connectivity index (χ2n) is 5.08. The molecule has 0 amide bonds. The van der Waals surface area contributed by atoms with Crippen LogP contribution in [0.1, 0.15) is 17.8 Å². The zero-order valence-corrected chi connectivity index (χ0v) is 11.3. The summed E-state index contributed by atoms with van der Waals surface area (Å²) < 4.78 is 1.99. The molecule has 1 aliphatic rings. The lowest BCUT2D eigenvalue weighted by molar-refractivity contribution is 0.759. The number of aryl methyl sites for hydroxylation is 2. The van der Waals surface area contributed by atoms with Crippen molar-refractivity contribution in [3.8, 4) is 0 Å². The van der Waals surface area contributed by atoms with Gasteiger partial charge in [-0.25, -0.2) is 4.98 Å². The number of fused-ring (bicyclic) bond motifs is 2. The molecule has 4 rings (SSSR count). The zero-order chi connectivity index (χ0) is 13.5. The molecular weight excluding hydrogens is 250 g/mol. The van der Waals surface area contributed by atoms with Crippen LogP contribution < -0.4 is 4.90 Å². The summed E-state index contributed by atoms with van der Waals surface area (Å²) in [6.45, 7) is 2.92. The predicted molar refractivity (Wildman–Crippen MR) is 77.3 cm³/mol. The van der Waals surface area contributed by atoms with E-state index in [0.29, 0.717) is 0 Å². The molecule has 0 saturated carbocycles. The molecule has 0 N–H and O–H groups in total. The number of rotatable bonds is 1. The quantitative estimate of drug-likeness (QED) is 0.678. The Balaban J connectivity index is 1.92. The SMILES string of the molecule is Cc1nnc2c(N3CCCc4ccccc43)nccn12. The van der Waals surface area contributed by atoms with Gasteiger partial charge in [0.05, 0.1) is 0 Å². The number of aromatic nitrogens is 4. The van der Waals surface area contributed by atoms with E-state index in [1.54, 1.807) is 0 Å². The van der Waals surface area contributed by atoms with Crippen LogP contribution in [0, 0.1) is 6.92 Å². The number of hydrogen-bond acceptors (Lipinski definition) is 4. The second-order valence-corrected chi connectivity index (χ2v) is 5.08. The predicted octanol–water partition coefficient (Wildman–Crippen LogP) is 2.52. The van der Waals surface area contributed by atoms with Gasteiger partial charge in [-0.1, -0.05) is 18.2 Å². The third-order valence-electron chi connectivity index (χ3n) is 3.84. The molecule has 1 aromatic carbocycles. The summed E-state index contributed by atoms with van der Waals surface area (Å²) in [6, 6.07) is 8.52. The average molecular weight is 265 g/mol. The molecule has 5 nitrogen and oxygen atoms in total. The van der Waals surface area contributed by atoms with Gasteiger partial charge in [0.15, 0.2) is 5.82 Å². The summed E-state index contributed by atoms with van der Waals surface area (Å²) in [6.07, 6.45) is 5.98. The Morgan fingerprint density at radius 3 is 3.00 bits per heavy atom. The van der Waals surface area contributed by atoms with Gasteiger partial charge < -0.3 is 4.90 Å². The minimum atomic E-state index is 0.821. The zero-order valence-electron chi connectivity index (χ0n) is 11.3. The van der Waals surface area contributed by atoms with E-state index in [2.05, 4.69) is 44.3 Å². The van der Waals surface area contributed by atoms with Gasteiger partial charge in [0, 0.05) is 24.6 Å². The monoisotopic (exact) mass is 265 g/mol. The van der Waals surface area contributed by atoms with Crippen molar-refractivity contribution in [3.63, 3.8) is 0 Å². The molecule has 3 aromatic rings. The van der Waals surface area contributed by atoms with E-state index in [1.165, 1.54) is 11.3 Å².